The van der Waals surface area contributed by atoms with E-state index in [1.165, 1.54) is 18.4 Å². The summed E-state index contributed by atoms with van der Waals surface area (Å²) in [6.07, 6.45) is 0. The summed E-state index contributed by atoms with van der Waals surface area (Å²) >= 11 is 1.52. The summed E-state index contributed by atoms with van der Waals surface area (Å²) in [5, 5.41) is 11.9. The maximum atomic E-state index is 11.0. The second kappa shape index (κ2) is 5.11. The maximum Gasteiger partial charge on any atom is 0.328 e. The van der Waals surface area contributed by atoms with Gasteiger partial charge in [0.2, 0.25) is 0 Å². The summed E-state index contributed by atoms with van der Waals surface area (Å²) in [6.45, 7) is 0.121. The number of carboxylic acids is 1. The molecule has 1 heterocycles. The molecule has 0 saturated carbocycles. The lowest BCUT2D eigenvalue weighted by Crippen LogP contribution is -2.33. The van der Waals surface area contributed by atoms with Gasteiger partial charge in [-0.2, -0.15) is 0 Å². The number of thiazole rings is 1. The van der Waals surface area contributed by atoms with Crippen LogP contribution < -0.4 is 5.32 Å². The number of carboxylic acid groups (broad SMARTS) is 1. The lowest BCUT2D eigenvalue weighted by atomic mass is 10.2. The van der Waals surface area contributed by atoms with Gasteiger partial charge in [0.25, 0.3) is 0 Å². The molecule has 1 unspecified atom stereocenters. The monoisotopic (exact) mass is 252 g/mol. The number of fused-ring (bicyclic) bond motifs is 1. The molecule has 0 saturated heterocycles. The number of benzene rings is 1. The summed E-state index contributed by atoms with van der Waals surface area (Å²) in [5.41, 5.74) is 3.43. The zero-order chi connectivity index (χ0) is 12.3. The molecule has 90 valence electrons. The number of nitrogens with zero attached hydrogens (tertiary/aromatic N) is 1. The van der Waals surface area contributed by atoms with Gasteiger partial charge < -0.3 is 15.2 Å². The molecule has 0 aliphatic carbocycles. The molecule has 0 fully saturated rings. The number of hydrogen-bond acceptors (Lipinski definition) is 5. The Bertz CT molecular complexity index is 526. The van der Waals surface area contributed by atoms with E-state index in [2.05, 4.69) is 10.3 Å². The number of rotatable bonds is 5. The summed E-state index contributed by atoms with van der Waals surface area (Å²) in [6, 6.07) is 4.82. The molecule has 5 nitrogen and oxygen atoms in total. The Morgan fingerprint density at radius 2 is 2.47 bits per heavy atom. The summed E-state index contributed by atoms with van der Waals surface area (Å²) in [5.74, 6) is -0.934. The van der Waals surface area contributed by atoms with E-state index >= 15 is 0 Å². The number of aromatic nitrogens is 1. The van der Waals surface area contributed by atoms with Crippen LogP contribution in [0, 0.1) is 0 Å². The minimum Gasteiger partial charge on any atom is -0.480 e. The molecule has 1 atom stereocenters. The fourth-order valence-corrected chi connectivity index (χ4v) is 2.20. The van der Waals surface area contributed by atoms with Crippen molar-refractivity contribution in [2.24, 2.45) is 0 Å². The van der Waals surface area contributed by atoms with Crippen molar-refractivity contribution in [3.63, 3.8) is 0 Å². The van der Waals surface area contributed by atoms with Gasteiger partial charge in [-0.1, -0.05) is 0 Å². The van der Waals surface area contributed by atoms with Gasteiger partial charge in [0.05, 0.1) is 22.3 Å². The summed E-state index contributed by atoms with van der Waals surface area (Å²) in [4.78, 5) is 15.1. The normalized spacial score (nSPS) is 12.5. The predicted molar refractivity (Wildman–Crippen MR) is 66.5 cm³/mol. The van der Waals surface area contributed by atoms with Gasteiger partial charge in [0, 0.05) is 12.8 Å². The van der Waals surface area contributed by atoms with Crippen molar-refractivity contribution in [2.45, 2.75) is 6.04 Å². The molecule has 6 heteroatoms. The molecule has 0 radical (unpaired) electrons. The summed E-state index contributed by atoms with van der Waals surface area (Å²) in [7, 11) is 1.48. The average molecular weight is 252 g/mol. The first-order chi connectivity index (χ1) is 8.20. The van der Waals surface area contributed by atoms with Crippen LogP contribution in [-0.4, -0.2) is 35.8 Å². The third-order valence-corrected chi connectivity index (χ3v) is 3.10. The van der Waals surface area contributed by atoms with Gasteiger partial charge in [0.15, 0.2) is 0 Å². The van der Waals surface area contributed by atoms with Gasteiger partial charge in [-0.3, -0.25) is 0 Å². The molecule has 1 aromatic carbocycles. The van der Waals surface area contributed by atoms with Crippen molar-refractivity contribution >= 4 is 33.2 Å². The molecule has 0 bridgehead atoms. The molecule has 0 amide bonds. The van der Waals surface area contributed by atoms with E-state index < -0.39 is 12.0 Å². The maximum absolute atomic E-state index is 11.0. The molecule has 2 aromatic rings. The fraction of sp³-hybridized carbons (Fsp3) is 0.273. The lowest BCUT2D eigenvalue weighted by Gasteiger charge is -2.14. The molecule has 1 aromatic heterocycles. The molecular weight excluding hydrogens is 240 g/mol. The zero-order valence-electron chi connectivity index (χ0n) is 9.21. The smallest absolute Gasteiger partial charge is 0.328 e. The van der Waals surface area contributed by atoms with Crippen molar-refractivity contribution in [3.05, 3.63) is 23.7 Å². The third-order valence-electron chi connectivity index (χ3n) is 2.30. The highest BCUT2D eigenvalue weighted by atomic mass is 32.1. The number of hydrogen-bond donors (Lipinski definition) is 2. The highest BCUT2D eigenvalue weighted by molar-refractivity contribution is 7.16. The standard InChI is InChI=1S/C11H12N2O3S/c1-16-5-9(11(14)15)13-7-2-3-8-10(4-7)17-6-12-8/h2-4,6,9,13H,5H2,1H3,(H,14,15). The molecule has 0 spiro atoms. The highest BCUT2D eigenvalue weighted by Crippen LogP contribution is 2.22. The Balaban J connectivity index is 2.18. The van der Waals surface area contributed by atoms with E-state index in [-0.39, 0.29) is 6.61 Å². The lowest BCUT2D eigenvalue weighted by molar-refractivity contribution is -0.139. The molecule has 0 aliphatic heterocycles. The van der Waals surface area contributed by atoms with Crippen LogP contribution in [0.25, 0.3) is 10.2 Å². The highest BCUT2D eigenvalue weighted by Gasteiger charge is 2.16. The van der Waals surface area contributed by atoms with Gasteiger partial charge in [-0.25, -0.2) is 9.78 Å². The van der Waals surface area contributed by atoms with E-state index in [9.17, 15) is 4.79 Å². The SMILES string of the molecule is COCC(Nc1ccc2ncsc2c1)C(=O)O. The Labute approximate surface area is 102 Å². The minimum absolute atomic E-state index is 0.121. The topological polar surface area (TPSA) is 71.5 Å². The Morgan fingerprint density at radius 1 is 1.65 bits per heavy atom. The van der Waals surface area contributed by atoms with E-state index in [1.807, 2.05) is 18.2 Å². The van der Waals surface area contributed by atoms with E-state index in [0.717, 1.165) is 15.9 Å². The van der Waals surface area contributed by atoms with Crippen molar-refractivity contribution in [1.29, 1.82) is 0 Å². The largest absolute Gasteiger partial charge is 0.480 e. The number of anilines is 1. The zero-order valence-corrected chi connectivity index (χ0v) is 10.0. The van der Waals surface area contributed by atoms with Crippen LogP contribution in [0.2, 0.25) is 0 Å². The van der Waals surface area contributed by atoms with Crippen LogP contribution in [0.15, 0.2) is 23.7 Å². The number of aliphatic carboxylic acids is 1. The van der Waals surface area contributed by atoms with Crippen molar-refractivity contribution in [1.82, 2.24) is 4.98 Å². The first-order valence-corrected chi connectivity index (χ1v) is 5.90. The van der Waals surface area contributed by atoms with Crippen LogP contribution >= 0.6 is 11.3 Å². The Morgan fingerprint density at radius 3 is 3.18 bits per heavy atom. The average Bonchev–Trinajstić information content (AvgIpc) is 2.75. The van der Waals surface area contributed by atoms with Crippen molar-refractivity contribution in [3.8, 4) is 0 Å². The quantitative estimate of drug-likeness (QED) is 0.849. The molecular formula is C11H12N2O3S. The van der Waals surface area contributed by atoms with Gasteiger partial charge in [-0.05, 0) is 18.2 Å². The molecule has 2 rings (SSSR count). The van der Waals surface area contributed by atoms with Gasteiger partial charge in [0.1, 0.15) is 6.04 Å². The molecule has 17 heavy (non-hydrogen) atoms. The van der Waals surface area contributed by atoms with Crippen LogP contribution in [0.3, 0.4) is 0 Å². The summed E-state index contributed by atoms with van der Waals surface area (Å²) < 4.78 is 5.88. The van der Waals surface area contributed by atoms with Crippen LogP contribution in [-0.2, 0) is 9.53 Å². The Kier molecular flexibility index (Phi) is 3.55. The number of methoxy groups -OCH3 is 1. The number of carbonyl (C=O) groups is 1. The second-order valence-electron chi connectivity index (χ2n) is 3.53. The second-order valence-corrected chi connectivity index (χ2v) is 4.41. The Hall–Kier alpha value is -1.66. The van der Waals surface area contributed by atoms with Crippen molar-refractivity contribution in [2.75, 3.05) is 19.0 Å². The number of nitrogens with one attached hydrogen (secondary N) is 1. The van der Waals surface area contributed by atoms with E-state index in [1.54, 1.807) is 5.51 Å². The molecule has 2 N–H and O–H groups in total. The van der Waals surface area contributed by atoms with Gasteiger partial charge in [-0.15, -0.1) is 11.3 Å². The van der Waals surface area contributed by atoms with Crippen molar-refractivity contribution < 1.29 is 14.6 Å². The van der Waals surface area contributed by atoms with E-state index in [4.69, 9.17) is 9.84 Å². The number of ether oxygens (including phenoxy) is 1. The fourth-order valence-electron chi connectivity index (χ4n) is 1.49. The minimum atomic E-state index is -0.934. The van der Waals surface area contributed by atoms with E-state index in [0.29, 0.717) is 0 Å². The van der Waals surface area contributed by atoms with Crippen LogP contribution in [0.5, 0.6) is 0 Å². The first-order valence-electron chi connectivity index (χ1n) is 5.02. The van der Waals surface area contributed by atoms with Gasteiger partial charge >= 0.3 is 5.97 Å². The van der Waals surface area contributed by atoms with Crippen LogP contribution in [0.4, 0.5) is 5.69 Å². The molecule has 0 aliphatic rings. The van der Waals surface area contributed by atoms with Crippen LogP contribution in [0.1, 0.15) is 0 Å². The first kappa shape index (κ1) is 11.8. The predicted octanol–water partition coefficient (Wildman–Crippen LogP) is 1.81. The third kappa shape index (κ3) is 2.72.